The SMILES string of the molecule is CCC(CC)(CCl)CNc1ccc(C(F)(F)F)cc1F. The van der Waals surface area contributed by atoms with Crippen LogP contribution >= 0.6 is 11.6 Å². The Bertz CT molecular complexity index is 433. The fourth-order valence-corrected chi connectivity index (χ4v) is 2.33. The topological polar surface area (TPSA) is 12.0 Å². The van der Waals surface area contributed by atoms with E-state index < -0.39 is 17.6 Å². The van der Waals surface area contributed by atoms with Crippen LogP contribution in [0.1, 0.15) is 32.3 Å². The Morgan fingerprint density at radius 3 is 2.15 bits per heavy atom. The number of halogens is 5. The molecule has 0 heterocycles. The number of hydrogen-bond donors (Lipinski definition) is 1. The van der Waals surface area contributed by atoms with Crippen molar-refractivity contribution in [3.05, 3.63) is 29.6 Å². The second kappa shape index (κ2) is 6.66. The zero-order valence-electron chi connectivity index (χ0n) is 11.5. The maximum atomic E-state index is 13.7. The van der Waals surface area contributed by atoms with Crippen molar-refractivity contribution < 1.29 is 17.6 Å². The summed E-state index contributed by atoms with van der Waals surface area (Å²) in [6, 6.07) is 2.48. The summed E-state index contributed by atoms with van der Waals surface area (Å²) < 4.78 is 51.0. The van der Waals surface area contributed by atoms with E-state index in [0.29, 0.717) is 18.5 Å². The number of hydrogen-bond acceptors (Lipinski definition) is 1. The molecule has 0 aromatic heterocycles. The van der Waals surface area contributed by atoms with Gasteiger partial charge in [-0.05, 0) is 31.0 Å². The minimum absolute atomic E-state index is 0.0643. The maximum Gasteiger partial charge on any atom is 0.416 e. The summed E-state index contributed by atoms with van der Waals surface area (Å²) in [6.07, 6.45) is -2.92. The number of benzene rings is 1. The van der Waals surface area contributed by atoms with Crippen LogP contribution in [-0.4, -0.2) is 12.4 Å². The minimum atomic E-state index is -4.54. The van der Waals surface area contributed by atoms with Gasteiger partial charge in [-0.25, -0.2) is 4.39 Å². The first-order valence-corrected chi connectivity index (χ1v) is 6.98. The predicted molar refractivity (Wildman–Crippen MR) is 73.6 cm³/mol. The van der Waals surface area contributed by atoms with Crippen molar-refractivity contribution >= 4 is 17.3 Å². The predicted octanol–water partition coefficient (Wildman–Crippen LogP) is 5.30. The Hall–Kier alpha value is -0.970. The third kappa shape index (κ3) is 4.01. The molecule has 6 heteroatoms. The summed E-state index contributed by atoms with van der Waals surface area (Å²) in [4.78, 5) is 0. The van der Waals surface area contributed by atoms with Gasteiger partial charge in [0.2, 0.25) is 0 Å². The third-order valence-corrected chi connectivity index (χ3v) is 4.30. The third-order valence-electron chi connectivity index (χ3n) is 3.73. The summed E-state index contributed by atoms with van der Waals surface area (Å²) in [5.74, 6) is -0.495. The van der Waals surface area contributed by atoms with Crippen LogP contribution < -0.4 is 5.32 Å². The first-order chi connectivity index (χ1) is 9.28. The van der Waals surface area contributed by atoms with E-state index in [1.54, 1.807) is 0 Å². The lowest BCUT2D eigenvalue weighted by Gasteiger charge is -2.30. The molecule has 1 nitrogen and oxygen atoms in total. The van der Waals surface area contributed by atoms with Gasteiger partial charge in [0, 0.05) is 17.8 Å². The number of nitrogens with one attached hydrogen (secondary N) is 1. The number of anilines is 1. The van der Waals surface area contributed by atoms with Crippen molar-refractivity contribution in [2.24, 2.45) is 5.41 Å². The molecule has 0 saturated carbocycles. The molecule has 0 aliphatic heterocycles. The van der Waals surface area contributed by atoms with Gasteiger partial charge in [0.15, 0.2) is 0 Å². The molecule has 0 amide bonds. The molecule has 0 spiro atoms. The Morgan fingerprint density at radius 1 is 1.15 bits per heavy atom. The number of rotatable bonds is 6. The summed E-state index contributed by atoms with van der Waals surface area (Å²) in [5.41, 5.74) is -1.11. The molecule has 1 aromatic carbocycles. The molecule has 0 atom stereocenters. The highest BCUT2D eigenvalue weighted by Gasteiger charge is 2.31. The molecule has 0 radical (unpaired) electrons. The van der Waals surface area contributed by atoms with Crippen LogP contribution in [0.2, 0.25) is 0 Å². The van der Waals surface area contributed by atoms with E-state index in [9.17, 15) is 17.6 Å². The average molecular weight is 312 g/mol. The molecule has 0 unspecified atom stereocenters. The quantitative estimate of drug-likeness (QED) is 0.555. The van der Waals surface area contributed by atoms with Gasteiger partial charge in [0.25, 0.3) is 0 Å². The Balaban J connectivity index is 2.84. The van der Waals surface area contributed by atoms with Gasteiger partial charge in [-0.15, -0.1) is 11.6 Å². The molecule has 0 saturated heterocycles. The van der Waals surface area contributed by atoms with Crippen LogP contribution in [0.5, 0.6) is 0 Å². The van der Waals surface area contributed by atoms with Gasteiger partial charge in [0.1, 0.15) is 5.82 Å². The highest BCUT2D eigenvalue weighted by molar-refractivity contribution is 6.18. The van der Waals surface area contributed by atoms with Gasteiger partial charge in [0.05, 0.1) is 11.3 Å². The minimum Gasteiger partial charge on any atom is -0.382 e. The van der Waals surface area contributed by atoms with Crippen molar-refractivity contribution in [3.8, 4) is 0 Å². The van der Waals surface area contributed by atoms with Gasteiger partial charge >= 0.3 is 6.18 Å². The van der Waals surface area contributed by atoms with Gasteiger partial charge in [-0.2, -0.15) is 13.2 Å². The fourth-order valence-electron chi connectivity index (χ4n) is 1.85. The lowest BCUT2D eigenvalue weighted by Crippen LogP contribution is -2.30. The van der Waals surface area contributed by atoms with Crippen LogP contribution in [0.25, 0.3) is 0 Å². The van der Waals surface area contributed by atoms with E-state index in [-0.39, 0.29) is 11.1 Å². The van der Waals surface area contributed by atoms with Crippen molar-refractivity contribution in [2.75, 3.05) is 17.7 Å². The molecule has 0 bridgehead atoms. The van der Waals surface area contributed by atoms with Crippen LogP contribution in [0.3, 0.4) is 0 Å². The van der Waals surface area contributed by atoms with E-state index in [1.807, 2.05) is 13.8 Å². The Kier molecular flexibility index (Phi) is 5.68. The molecule has 0 aliphatic carbocycles. The zero-order chi connectivity index (χ0) is 15.4. The monoisotopic (exact) mass is 311 g/mol. The summed E-state index contributed by atoms with van der Waals surface area (Å²) in [7, 11) is 0. The summed E-state index contributed by atoms with van der Waals surface area (Å²) >= 11 is 5.93. The Labute approximate surface area is 121 Å². The van der Waals surface area contributed by atoms with Crippen LogP contribution in [-0.2, 0) is 6.18 Å². The van der Waals surface area contributed by atoms with Crippen LogP contribution in [0.4, 0.5) is 23.2 Å². The van der Waals surface area contributed by atoms with Crippen molar-refractivity contribution in [1.29, 1.82) is 0 Å². The van der Waals surface area contributed by atoms with Crippen LogP contribution in [0, 0.1) is 11.2 Å². The second-order valence-electron chi connectivity index (χ2n) is 4.89. The summed E-state index contributed by atoms with van der Waals surface area (Å²) in [5, 5.41) is 2.86. The van der Waals surface area contributed by atoms with Crippen molar-refractivity contribution in [2.45, 2.75) is 32.9 Å². The molecular formula is C14H18ClF4N. The van der Waals surface area contributed by atoms with E-state index in [2.05, 4.69) is 5.32 Å². The molecule has 114 valence electrons. The van der Waals surface area contributed by atoms with Crippen molar-refractivity contribution in [3.63, 3.8) is 0 Å². The second-order valence-corrected chi connectivity index (χ2v) is 5.15. The zero-order valence-corrected chi connectivity index (χ0v) is 12.2. The van der Waals surface area contributed by atoms with E-state index in [4.69, 9.17) is 11.6 Å². The first-order valence-electron chi connectivity index (χ1n) is 6.44. The molecule has 1 N–H and O–H groups in total. The molecule has 1 aromatic rings. The summed E-state index contributed by atoms with van der Waals surface area (Å²) in [6.45, 7) is 4.39. The fraction of sp³-hybridized carbons (Fsp3) is 0.571. The molecule has 0 aliphatic rings. The van der Waals surface area contributed by atoms with E-state index in [1.165, 1.54) is 0 Å². The van der Waals surface area contributed by atoms with Gasteiger partial charge in [-0.1, -0.05) is 13.8 Å². The standard InChI is InChI=1S/C14H18ClF4N/c1-3-13(4-2,8-15)9-20-12-6-5-10(7-11(12)16)14(17,18)19/h5-7,20H,3-4,8-9H2,1-2H3. The molecular weight excluding hydrogens is 294 g/mol. The maximum absolute atomic E-state index is 13.7. The highest BCUT2D eigenvalue weighted by atomic mass is 35.5. The van der Waals surface area contributed by atoms with Crippen LogP contribution in [0.15, 0.2) is 18.2 Å². The normalized spacial score (nSPS) is 12.6. The largest absolute Gasteiger partial charge is 0.416 e. The average Bonchev–Trinajstić information content (AvgIpc) is 2.41. The molecule has 0 fully saturated rings. The molecule has 1 rings (SSSR count). The smallest absolute Gasteiger partial charge is 0.382 e. The van der Waals surface area contributed by atoms with E-state index in [0.717, 1.165) is 25.0 Å². The molecule has 20 heavy (non-hydrogen) atoms. The van der Waals surface area contributed by atoms with Crippen molar-refractivity contribution in [1.82, 2.24) is 0 Å². The highest BCUT2D eigenvalue weighted by Crippen LogP contribution is 2.32. The lowest BCUT2D eigenvalue weighted by atomic mass is 9.84. The van der Waals surface area contributed by atoms with Gasteiger partial charge < -0.3 is 5.32 Å². The van der Waals surface area contributed by atoms with Gasteiger partial charge in [-0.3, -0.25) is 0 Å². The first kappa shape index (κ1) is 17.1. The number of alkyl halides is 4. The Morgan fingerprint density at radius 2 is 1.75 bits per heavy atom. The van der Waals surface area contributed by atoms with E-state index >= 15 is 0 Å². The lowest BCUT2D eigenvalue weighted by molar-refractivity contribution is -0.137.